The van der Waals surface area contributed by atoms with Crippen molar-refractivity contribution in [3.63, 3.8) is 0 Å². The molecular formula is C85H141N7O34. The van der Waals surface area contributed by atoms with Gasteiger partial charge in [-0.2, -0.15) is 0 Å². The number of aliphatic carboxylic acids is 1. The SMILES string of the molecule is CC(C)(C)OC(=O)CCC(NC(=O)CCOCCOCCOCCOCCNC(=O)C(NC(=O)CCOCCOCCOCCOCCNC(=O)C(CCCCNC(=O)OC(C)(C)C)NC(=O)CCOCCOCCOCCOCCOCCOCCOCCOCCOCCOCCOCCOCCN1C(=O)c2ccccc2C1=O)c1ccc(O)cc1)C(=O)O. The molecule has 3 rings (SSSR count). The molecule has 2 aromatic rings. The number of nitrogens with one attached hydrogen (secondary N) is 6. The van der Waals surface area contributed by atoms with Gasteiger partial charge in [0.1, 0.15) is 35.1 Å². The van der Waals surface area contributed by atoms with Gasteiger partial charge < -0.3 is 146 Å². The van der Waals surface area contributed by atoms with Crippen LogP contribution < -0.4 is 31.9 Å². The van der Waals surface area contributed by atoms with Crippen LogP contribution >= 0.6 is 0 Å². The molecule has 1 heterocycles. The van der Waals surface area contributed by atoms with E-state index in [-0.39, 0.29) is 213 Å². The Kier molecular flexibility index (Phi) is 65.9. The lowest BCUT2D eigenvalue weighted by molar-refractivity contribution is -0.155. The molecule has 0 aliphatic carbocycles. The molecule has 8 N–H and O–H groups in total. The Morgan fingerprint density at radius 1 is 0.333 bits per heavy atom. The van der Waals surface area contributed by atoms with Crippen molar-refractivity contribution in [3.05, 3.63) is 65.2 Å². The zero-order chi connectivity index (χ0) is 91.6. The number of carbonyl (C=O) groups excluding carboxylic acids is 9. The van der Waals surface area contributed by atoms with E-state index in [1.165, 1.54) is 29.2 Å². The van der Waals surface area contributed by atoms with Crippen LogP contribution in [0.1, 0.15) is 125 Å². The molecule has 41 nitrogen and oxygen atoms in total. The van der Waals surface area contributed by atoms with Crippen LogP contribution in [-0.2, 0) is 138 Å². The van der Waals surface area contributed by atoms with Crippen LogP contribution in [0.2, 0.25) is 0 Å². The van der Waals surface area contributed by atoms with Gasteiger partial charge in [-0.05, 0) is 97.1 Å². The Morgan fingerprint density at radius 3 is 0.984 bits per heavy atom. The quantitative estimate of drug-likeness (QED) is 0.0268. The number of benzene rings is 2. The van der Waals surface area contributed by atoms with Gasteiger partial charge in [-0.1, -0.05) is 24.3 Å². The number of phenolic OH excluding ortho intramolecular Hbond substituents is 1. The Balaban J connectivity index is 1.09. The summed E-state index contributed by atoms with van der Waals surface area (Å²) >= 11 is 0. The molecular weight excluding hydrogens is 1660 g/mol. The molecule has 1 aliphatic heterocycles. The molecule has 0 radical (unpaired) electrons. The summed E-state index contributed by atoms with van der Waals surface area (Å²) in [6.45, 7) is 23.6. The highest BCUT2D eigenvalue weighted by Crippen LogP contribution is 2.23. The summed E-state index contributed by atoms with van der Waals surface area (Å²) in [6, 6.07) is 9.50. The minimum atomic E-state index is -1.26. The minimum Gasteiger partial charge on any atom is -0.508 e. The number of carbonyl (C=O) groups is 10. The maximum atomic E-state index is 13.3. The Bertz CT molecular complexity index is 3190. The van der Waals surface area contributed by atoms with Gasteiger partial charge in [-0.15, -0.1) is 0 Å². The van der Waals surface area contributed by atoms with E-state index in [2.05, 4.69) is 31.9 Å². The molecule has 1 aliphatic rings. The first-order valence-electron chi connectivity index (χ1n) is 43.1. The highest BCUT2D eigenvalue weighted by Gasteiger charge is 2.35. The lowest BCUT2D eigenvalue weighted by atomic mass is 10.1. The van der Waals surface area contributed by atoms with E-state index in [1.54, 1.807) is 65.8 Å². The highest BCUT2D eigenvalue weighted by molar-refractivity contribution is 6.21. The van der Waals surface area contributed by atoms with Crippen molar-refractivity contribution in [1.29, 1.82) is 0 Å². The van der Waals surface area contributed by atoms with Crippen molar-refractivity contribution in [2.24, 2.45) is 0 Å². The summed E-state index contributed by atoms with van der Waals surface area (Å²) in [6.07, 6.45) is 0.423. The van der Waals surface area contributed by atoms with Gasteiger partial charge in [0.05, 0.1) is 282 Å². The van der Waals surface area contributed by atoms with Gasteiger partial charge in [-0.3, -0.25) is 43.3 Å². The molecule has 0 bridgehead atoms. The van der Waals surface area contributed by atoms with Crippen molar-refractivity contribution < 1.29 is 162 Å². The van der Waals surface area contributed by atoms with E-state index in [0.717, 1.165) is 0 Å². The molecule has 126 heavy (non-hydrogen) atoms. The summed E-state index contributed by atoms with van der Waals surface area (Å²) in [5, 5.41) is 35.5. The summed E-state index contributed by atoms with van der Waals surface area (Å²) in [5.74, 6) is -4.65. The van der Waals surface area contributed by atoms with Gasteiger partial charge >= 0.3 is 18.0 Å². The van der Waals surface area contributed by atoms with E-state index < -0.39 is 65.1 Å². The average Bonchev–Trinajstić information content (AvgIpc) is 1.64. The number of rotatable bonds is 84. The number of esters is 1. The topological polar surface area (TPSA) is 490 Å². The molecule has 0 spiro atoms. The second-order valence-electron chi connectivity index (χ2n) is 29.6. The van der Waals surface area contributed by atoms with Crippen LogP contribution in [0.3, 0.4) is 0 Å². The normalized spacial score (nSPS) is 12.8. The Labute approximate surface area is 739 Å². The molecule has 0 saturated heterocycles. The second kappa shape index (κ2) is 74.0. The third-order valence-corrected chi connectivity index (χ3v) is 16.9. The number of aromatic hydroxyl groups is 1. The molecule has 3 atom stereocenters. The number of amides is 8. The molecule has 0 fully saturated rings. The standard InChI is InChI=1S/C85H141N7O34/c1-84(2,3)125-76(97)19-18-72(82(102)103)90-74(95)21-28-106-34-40-111-45-49-115-43-37-109-31-25-87-79(99)77(67-14-16-68(93)17-15-67)91-75(96)22-29-107-35-41-113-46-48-114-42-36-108-30-24-86-78(98)71(13-9-10-23-88-83(104)126-85(4,5)6)89-73(94)20-27-105-33-39-112-47-51-117-53-55-119-57-59-121-61-63-123-65-66-124-64-62-122-60-58-120-56-54-118-52-50-116-44-38-110-32-26-92-80(100)69-11-7-8-12-70(69)81(92)101/h7-8,11-12,14-17,71-72,77,93H,9-10,13,18-66H2,1-6H3,(H,86,98)(H,87,99)(H,88,104)(H,89,94)(H,90,95)(H,91,96)(H,102,103). The molecule has 0 aromatic heterocycles. The van der Waals surface area contributed by atoms with E-state index in [4.69, 9.17) is 104 Å². The number of nitrogens with zero attached hydrogens (tertiary/aromatic N) is 1. The maximum absolute atomic E-state index is 13.3. The van der Waals surface area contributed by atoms with Gasteiger partial charge in [0.25, 0.3) is 11.8 Å². The number of ether oxygens (including phenoxy) is 22. The van der Waals surface area contributed by atoms with Gasteiger partial charge in [0.15, 0.2) is 0 Å². The van der Waals surface area contributed by atoms with E-state index in [1.807, 2.05) is 0 Å². The molecule has 720 valence electrons. The fourth-order valence-corrected chi connectivity index (χ4v) is 10.7. The number of alkyl carbamates (subject to hydrolysis) is 1. The predicted molar refractivity (Wildman–Crippen MR) is 452 cm³/mol. The number of phenols is 1. The lowest BCUT2D eigenvalue weighted by Crippen LogP contribution is -2.47. The van der Waals surface area contributed by atoms with Gasteiger partial charge in [-0.25, -0.2) is 9.59 Å². The summed E-state index contributed by atoms with van der Waals surface area (Å²) in [4.78, 5) is 126. The van der Waals surface area contributed by atoms with Crippen molar-refractivity contribution in [3.8, 4) is 5.75 Å². The first kappa shape index (κ1) is 112. The highest BCUT2D eigenvalue weighted by atomic mass is 16.6. The fraction of sp³-hybridized carbons (Fsp3) is 0.741. The zero-order valence-electron chi connectivity index (χ0n) is 74.5. The molecule has 3 unspecified atom stereocenters. The van der Waals surface area contributed by atoms with Crippen LogP contribution in [0.5, 0.6) is 5.75 Å². The second-order valence-corrected chi connectivity index (χ2v) is 29.6. The number of carboxylic acid groups (broad SMARTS) is 1. The van der Waals surface area contributed by atoms with Crippen LogP contribution in [0.25, 0.3) is 0 Å². The van der Waals surface area contributed by atoms with Crippen molar-refractivity contribution in [1.82, 2.24) is 36.8 Å². The number of unbranched alkanes of at least 4 members (excludes halogenated alkanes) is 1. The molecule has 41 heteroatoms. The smallest absolute Gasteiger partial charge is 0.407 e. The summed E-state index contributed by atoms with van der Waals surface area (Å²) in [5.41, 5.74) is -0.0681. The summed E-state index contributed by atoms with van der Waals surface area (Å²) in [7, 11) is 0. The zero-order valence-corrected chi connectivity index (χ0v) is 74.5. The third-order valence-electron chi connectivity index (χ3n) is 16.9. The van der Waals surface area contributed by atoms with Gasteiger partial charge in [0.2, 0.25) is 29.5 Å². The first-order chi connectivity index (χ1) is 60.9. The van der Waals surface area contributed by atoms with Crippen LogP contribution in [0, 0.1) is 0 Å². The van der Waals surface area contributed by atoms with Gasteiger partial charge in [0, 0.05) is 45.3 Å². The molecule has 8 amide bonds. The van der Waals surface area contributed by atoms with E-state index in [9.17, 15) is 58.2 Å². The Hall–Kier alpha value is -7.86. The van der Waals surface area contributed by atoms with Crippen LogP contribution in [0.4, 0.5) is 4.79 Å². The largest absolute Gasteiger partial charge is 0.508 e. The average molecular weight is 1810 g/mol. The fourth-order valence-electron chi connectivity index (χ4n) is 10.7. The number of imide groups is 1. The van der Waals surface area contributed by atoms with Crippen molar-refractivity contribution >= 4 is 59.4 Å². The first-order valence-corrected chi connectivity index (χ1v) is 43.1. The van der Waals surface area contributed by atoms with E-state index in [0.29, 0.717) is 175 Å². The number of hydrogen-bond donors (Lipinski definition) is 8. The predicted octanol–water partition coefficient (Wildman–Crippen LogP) is 2.45. The van der Waals surface area contributed by atoms with Crippen LogP contribution in [0.15, 0.2) is 48.5 Å². The number of fused-ring (bicyclic) bond motifs is 1. The molecule has 2 aromatic carbocycles. The van der Waals surface area contributed by atoms with Crippen LogP contribution in [-0.4, -0.2) is 388 Å². The lowest BCUT2D eigenvalue weighted by Gasteiger charge is -2.20. The maximum Gasteiger partial charge on any atom is 0.407 e. The van der Waals surface area contributed by atoms with E-state index >= 15 is 0 Å². The molecule has 0 saturated carbocycles. The third kappa shape index (κ3) is 62.4. The number of hydrogen-bond acceptors (Lipinski definition) is 33. The Morgan fingerprint density at radius 2 is 0.643 bits per heavy atom. The number of carboxylic acids is 1. The van der Waals surface area contributed by atoms with Crippen molar-refractivity contribution in [2.75, 3.05) is 290 Å². The monoisotopic (exact) mass is 1800 g/mol. The van der Waals surface area contributed by atoms with Crippen molar-refractivity contribution in [2.45, 2.75) is 122 Å². The minimum absolute atomic E-state index is 0.0117. The summed E-state index contributed by atoms with van der Waals surface area (Å²) < 4.78 is 121.